The van der Waals surface area contributed by atoms with Crippen LogP contribution in [0.3, 0.4) is 0 Å². The summed E-state index contributed by atoms with van der Waals surface area (Å²) in [5.41, 5.74) is 0.617. The van der Waals surface area contributed by atoms with Crippen LogP contribution in [-0.4, -0.2) is 32.3 Å². The highest BCUT2D eigenvalue weighted by atomic mass is 35.5. The Hall–Kier alpha value is -1.20. The van der Waals surface area contributed by atoms with E-state index < -0.39 is 0 Å². The molecule has 2 unspecified atom stereocenters. The maximum Gasteiger partial charge on any atom is 0.198 e. The zero-order chi connectivity index (χ0) is 11.8. The molecule has 0 aromatic carbocycles. The van der Waals surface area contributed by atoms with Crippen LogP contribution in [0.25, 0.3) is 5.65 Å². The number of aromatic nitrogens is 4. The molecule has 6 heteroatoms. The Morgan fingerprint density at radius 3 is 3.24 bits per heavy atom. The molecule has 3 heterocycles. The van der Waals surface area contributed by atoms with Crippen LogP contribution in [-0.2, 0) is 4.74 Å². The molecule has 0 radical (unpaired) electrons. The van der Waals surface area contributed by atoms with Gasteiger partial charge in [0.15, 0.2) is 10.8 Å². The summed E-state index contributed by atoms with van der Waals surface area (Å²) in [6, 6.07) is 0. The molecule has 2 aromatic heterocycles. The Bertz CT molecular complexity index is 541. The van der Waals surface area contributed by atoms with E-state index in [1.807, 2.05) is 10.6 Å². The van der Waals surface area contributed by atoms with Crippen molar-refractivity contribution < 1.29 is 4.74 Å². The Morgan fingerprint density at radius 1 is 1.53 bits per heavy atom. The summed E-state index contributed by atoms with van der Waals surface area (Å²) in [5, 5.41) is 8.73. The highest BCUT2D eigenvalue weighted by Crippen LogP contribution is 2.32. The first-order chi connectivity index (χ1) is 8.31. The third-order valence-electron chi connectivity index (χ3n) is 3.25. The van der Waals surface area contributed by atoms with Gasteiger partial charge in [-0.1, -0.05) is 18.5 Å². The van der Waals surface area contributed by atoms with Gasteiger partial charge in [0.2, 0.25) is 0 Å². The van der Waals surface area contributed by atoms with Crippen molar-refractivity contribution in [1.29, 1.82) is 0 Å². The van der Waals surface area contributed by atoms with E-state index in [2.05, 4.69) is 22.1 Å². The third kappa shape index (κ3) is 1.70. The fourth-order valence-corrected chi connectivity index (χ4v) is 2.60. The summed E-state index contributed by atoms with van der Waals surface area (Å²) < 4.78 is 7.60. The number of rotatable bonds is 2. The minimum absolute atomic E-state index is 0.231. The molecule has 1 saturated heterocycles. The topological polar surface area (TPSA) is 52.3 Å². The van der Waals surface area contributed by atoms with Crippen LogP contribution >= 0.6 is 11.6 Å². The van der Waals surface area contributed by atoms with Gasteiger partial charge in [0.05, 0.1) is 6.10 Å². The molecule has 1 aliphatic rings. The second-order valence-corrected chi connectivity index (χ2v) is 4.54. The van der Waals surface area contributed by atoms with Gasteiger partial charge in [-0.2, -0.15) is 0 Å². The predicted octanol–water partition coefficient (Wildman–Crippen LogP) is 2.06. The SMILES string of the molecule is CCC1OCCC1c1nnc2c(Cl)nccn12. The minimum Gasteiger partial charge on any atom is -0.377 e. The van der Waals surface area contributed by atoms with Gasteiger partial charge in [-0.15, -0.1) is 10.2 Å². The second kappa shape index (κ2) is 4.23. The number of hydrogen-bond acceptors (Lipinski definition) is 4. The Kier molecular flexibility index (Phi) is 2.72. The van der Waals surface area contributed by atoms with Gasteiger partial charge in [0.25, 0.3) is 0 Å². The van der Waals surface area contributed by atoms with Crippen LogP contribution in [0.2, 0.25) is 5.15 Å². The lowest BCUT2D eigenvalue weighted by atomic mass is 9.99. The summed E-state index contributed by atoms with van der Waals surface area (Å²) in [7, 11) is 0. The van der Waals surface area contributed by atoms with Gasteiger partial charge < -0.3 is 4.74 Å². The standard InChI is InChI=1S/C11H13ClN4O/c1-2-8-7(3-6-17-8)10-14-15-11-9(12)13-4-5-16(10)11/h4-5,7-8H,2-3,6H2,1H3. The molecule has 90 valence electrons. The van der Waals surface area contributed by atoms with Gasteiger partial charge in [0, 0.05) is 24.9 Å². The Labute approximate surface area is 104 Å². The first kappa shape index (κ1) is 10.9. The van der Waals surface area contributed by atoms with E-state index in [0.29, 0.717) is 16.7 Å². The van der Waals surface area contributed by atoms with Gasteiger partial charge in [0.1, 0.15) is 5.82 Å². The number of nitrogens with zero attached hydrogens (tertiary/aromatic N) is 4. The predicted molar refractivity (Wildman–Crippen MR) is 63.2 cm³/mol. The molecule has 2 aromatic rings. The van der Waals surface area contributed by atoms with Crippen molar-refractivity contribution in [2.45, 2.75) is 31.8 Å². The molecule has 0 saturated carbocycles. The van der Waals surface area contributed by atoms with Crippen molar-refractivity contribution in [2.75, 3.05) is 6.61 Å². The lowest BCUT2D eigenvalue weighted by molar-refractivity contribution is 0.0992. The number of halogens is 1. The molecule has 0 amide bonds. The van der Waals surface area contributed by atoms with Crippen LogP contribution in [0.4, 0.5) is 0 Å². The van der Waals surface area contributed by atoms with E-state index in [0.717, 1.165) is 25.3 Å². The van der Waals surface area contributed by atoms with E-state index in [-0.39, 0.29) is 6.10 Å². The van der Waals surface area contributed by atoms with Crippen molar-refractivity contribution in [3.8, 4) is 0 Å². The van der Waals surface area contributed by atoms with Crippen LogP contribution in [0.15, 0.2) is 12.4 Å². The number of hydrogen-bond donors (Lipinski definition) is 0. The van der Waals surface area contributed by atoms with Crippen molar-refractivity contribution >= 4 is 17.2 Å². The average Bonchev–Trinajstić information content (AvgIpc) is 2.94. The monoisotopic (exact) mass is 252 g/mol. The molecule has 0 spiro atoms. The first-order valence-corrected chi connectivity index (χ1v) is 6.15. The van der Waals surface area contributed by atoms with E-state index >= 15 is 0 Å². The van der Waals surface area contributed by atoms with E-state index in [9.17, 15) is 0 Å². The van der Waals surface area contributed by atoms with Gasteiger partial charge >= 0.3 is 0 Å². The smallest absolute Gasteiger partial charge is 0.198 e. The van der Waals surface area contributed by atoms with Crippen molar-refractivity contribution in [3.05, 3.63) is 23.4 Å². The molecule has 0 aliphatic carbocycles. The Balaban J connectivity index is 2.09. The van der Waals surface area contributed by atoms with Gasteiger partial charge in [-0.25, -0.2) is 4.98 Å². The number of fused-ring (bicyclic) bond motifs is 1. The lowest BCUT2D eigenvalue weighted by Crippen LogP contribution is -2.15. The summed E-state index contributed by atoms with van der Waals surface area (Å²) in [4.78, 5) is 4.00. The van der Waals surface area contributed by atoms with Crippen molar-refractivity contribution in [1.82, 2.24) is 19.6 Å². The lowest BCUT2D eigenvalue weighted by Gasteiger charge is -2.14. The van der Waals surface area contributed by atoms with E-state index in [1.54, 1.807) is 6.20 Å². The van der Waals surface area contributed by atoms with Crippen LogP contribution < -0.4 is 0 Å². The van der Waals surface area contributed by atoms with Gasteiger partial charge in [-0.3, -0.25) is 4.40 Å². The molecular formula is C11H13ClN4O. The summed E-state index contributed by atoms with van der Waals surface area (Å²) in [6.07, 6.45) is 5.72. The van der Waals surface area contributed by atoms with Gasteiger partial charge in [-0.05, 0) is 12.8 Å². The summed E-state index contributed by atoms with van der Waals surface area (Å²) in [6.45, 7) is 2.91. The Morgan fingerprint density at radius 2 is 2.41 bits per heavy atom. The fourth-order valence-electron chi connectivity index (χ4n) is 2.41. The highest BCUT2D eigenvalue weighted by Gasteiger charge is 2.32. The quantitative estimate of drug-likeness (QED) is 0.821. The third-order valence-corrected chi connectivity index (χ3v) is 3.52. The molecule has 1 fully saturated rings. The van der Waals surface area contributed by atoms with Crippen molar-refractivity contribution in [3.63, 3.8) is 0 Å². The minimum atomic E-state index is 0.231. The highest BCUT2D eigenvalue weighted by molar-refractivity contribution is 6.32. The first-order valence-electron chi connectivity index (χ1n) is 5.78. The van der Waals surface area contributed by atoms with Crippen LogP contribution in [0, 0.1) is 0 Å². The van der Waals surface area contributed by atoms with E-state index in [1.165, 1.54) is 0 Å². The molecule has 1 aliphatic heterocycles. The maximum absolute atomic E-state index is 5.98. The molecule has 3 rings (SSSR count). The zero-order valence-corrected chi connectivity index (χ0v) is 10.3. The molecule has 2 atom stereocenters. The normalized spacial score (nSPS) is 24.6. The van der Waals surface area contributed by atoms with E-state index in [4.69, 9.17) is 16.3 Å². The second-order valence-electron chi connectivity index (χ2n) is 4.18. The average molecular weight is 253 g/mol. The van der Waals surface area contributed by atoms with Crippen LogP contribution in [0.1, 0.15) is 31.5 Å². The maximum atomic E-state index is 5.98. The molecule has 17 heavy (non-hydrogen) atoms. The molecule has 0 bridgehead atoms. The summed E-state index contributed by atoms with van der Waals surface area (Å²) in [5.74, 6) is 1.22. The zero-order valence-electron chi connectivity index (χ0n) is 9.51. The molecular weight excluding hydrogens is 240 g/mol. The van der Waals surface area contributed by atoms with Crippen molar-refractivity contribution in [2.24, 2.45) is 0 Å². The largest absolute Gasteiger partial charge is 0.377 e. The molecule has 5 nitrogen and oxygen atoms in total. The molecule has 0 N–H and O–H groups in total. The number of ether oxygens (including phenoxy) is 1. The van der Waals surface area contributed by atoms with Crippen LogP contribution in [0.5, 0.6) is 0 Å². The fraction of sp³-hybridized carbons (Fsp3) is 0.545. The summed E-state index contributed by atoms with van der Waals surface area (Å²) >= 11 is 5.98.